The van der Waals surface area contributed by atoms with Crippen molar-refractivity contribution in [3.8, 4) is 33.6 Å². The lowest BCUT2D eigenvalue weighted by Crippen LogP contribution is -2.43. The lowest BCUT2D eigenvalue weighted by molar-refractivity contribution is -0.130. The molecule has 306 valence electrons. The largest absolute Gasteiger partial charge is 0.396 e. The third kappa shape index (κ3) is 12.1. The lowest BCUT2D eigenvalue weighted by atomic mass is 9.78. The minimum atomic E-state index is -0.271. The molecular weight excluding hydrogens is 701 g/mol. The Morgan fingerprint density at radius 2 is 1.16 bits per heavy atom. The quantitative estimate of drug-likeness (QED) is 0.0941. The maximum Gasteiger partial charge on any atom is 0.224 e. The second kappa shape index (κ2) is 20.2. The van der Waals surface area contributed by atoms with E-state index in [0.29, 0.717) is 0 Å². The van der Waals surface area contributed by atoms with Crippen LogP contribution >= 0.6 is 0 Å². The summed E-state index contributed by atoms with van der Waals surface area (Å²) in [4.78, 5) is 40.4. The molecule has 10 heteroatoms. The Balaban J connectivity index is 0.000000458. The van der Waals surface area contributed by atoms with Crippen LogP contribution in [0.2, 0.25) is 0 Å². The van der Waals surface area contributed by atoms with Gasteiger partial charge in [-0.25, -0.2) is 9.97 Å². The molecule has 2 aliphatic rings. The van der Waals surface area contributed by atoms with Gasteiger partial charge in [-0.2, -0.15) is 0 Å². The van der Waals surface area contributed by atoms with E-state index in [4.69, 9.17) is 15.8 Å². The van der Waals surface area contributed by atoms with E-state index in [2.05, 4.69) is 110 Å². The van der Waals surface area contributed by atoms with Crippen molar-refractivity contribution >= 4 is 11.8 Å². The van der Waals surface area contributed by atoms with Gasteiger partial charge in [-0.1, -0.05) is 130 Å². The number of aromatic nitrogens is 4. The Hall–Kier alpha value is -4.28. The highest BCUT2D eigenvalue weighted by molar-refractivity contribution is 5.79. The molecule has 2 fully saturated rings. The number of nitrogens with zero attached hydrogens (tertiary/aromatic N) is 2. The van der Waals surface area contributed by atoms with E-state index < -0.39 is 0 Å². The Labute approximate surface area is 334 Å². The van der Waals surface area contributed by atoms with E-state index in [1.807, 2.05) is 26.2 Å². The monoisotopic (exact) mass is 769 g/mol. The minimum Gasteiger partial charge on any atom is -0.396 e. The van der Waals surface area contributed by atoms with Crippen LogP contribution in [0.5, 0.6) is 0 Å². The van der Waals surface area contributed by atoms with Gasteiger partial charge in [0.2, 0.25) is 11.8 Å². The maximum absolute atomic E-state index is 13.3. The SMILES string of the molecule is CC.CC(C)(C)Cc1ncc(-c2ccc(-c3ccc(-c4cnc(C(NC(=O)C5CCCCC5CO)C(C)(C)C)[nH]4)cc3)cc2)[nH]1.NC(=O)C1CCCCC1CO. The summed E-state index contributed by atoms with van der Waals surface area (Å²) >= 11 is 0. The fourth-order valence-electron chi connectivity index (χ4n) is 7.93. The molecule has 0 aliphatic heterocycles. The van der Waals surface area contributed by atoms with Crippen LogP contribution < -0.4 is 11.1 Å². The van der Waals surface area contributed by atoms with Gasteiger partial charge >= 0.3 is 0 Å². The number of hydrogen-bond acceptors (Lipinski definition) is 6. The first kappa shape index (κ1) is 44.4. The van der Waals surface area contributed by atoms with Crippen molar-refractivity contribution in [3.05, 3.63) is 72.6 Å². The van der Waals surface area contributed by atoms with E-state index in [1.165, 1.54) is 0 Å². The number of hydrogen-bond donors (Lipinski definition) is 6. The Kier molecular flexibility index (Phi) is 16.1. The number of nitrogens with one attached hydrogen (secondary N) is 3. The maximum atomic E-state index is 13.3. The number of amides is 2. The third-order valence-electron chi connectivity index (χ3n) is 11.1. The van der Waals surface area contributed by atoms with E-state index in [-0.39, 0.29) is 65.6 Å². The molecular formula is C46H68N6O4. The molecule has 4 aromatic rings. The highest BCUT2D eigenvalue weighted by atomic mass is 16.3. The molecule has 2 amide bonds. The van der Waals surface area contributed by atoms with Crippen molar-refractivity contribution in [3.63, 3.8) is 0 Å². The summed E-state index contributed by atoms with van der Waals surface area (Å²) < 4.78 is 0. The van der Waals surface area contributed by atoms with E-state index in [0.717, 1.165) is 103 Å². The first-order chi connectivity index (χ1) is 26.7. The summed E-state index contributed by atoms with van der Waals surface area (Å²) in [6.07, 6.45) is 12.5. The molecule has 56 heavy (non-hydrogen) atoms. The van der Waals surface area contributed by atoms with E-state index in [9.17, 15) is 14.7 Å². The van der Waals surface area contributed by atoms with Crippen LogP contribution in [0.3, 0.4) is 0 Å². The van der Waals surface area contributed by atoms with Crippen LogP contribution in [0, 0.1) is 34.5 Å². The number of carbonyl (C=O) groups is 2. The summed E-state index contributed by atoms with van der Waals surface area (Å²) in [5.41, 5.74) is 11.5. The molecule has 2 saturated carbocycles. The molecule has 10 nitrogen and oxygen atoms in total. The molecule has 0 saturated heterocycles. The molecule has 0 bridgehead atoms. The van der Waals surface area contributed by atoms with Gasteiger partial charge in [-0.3, -0.25) is 9.59 Å². The predicted octanol–water partition coefficient (Wildman–Crippen LogP) is 9.02. The molecule has 0 radical (unpaired) electrons. The second-order valence-corrected chi connectivity index (χ2v) is 17.7. The van der Waals surface area contributed by atoms with Gasteiger partial charge in [0.15, 0.2) is 0 Å². The van der Waals surface area contributed by atoms with Crippen LogP contribution in [-0.4, -0.2) is 55.2 Å². The van der Waals surface area contributed by atoms with Crippen LogP contribution in [-0.2, 0) is 16.0 Å². The van der Waals surface area contributed by atoms with E-state index >= 15 is 0 Å². The zero-order valence-corrected chi connectivity index (χ0v) is 35.1. The Morgan fingerprint density at radius 1 is 0.714 bits per heavy atom. The van der Waals surface area contributed by atoms with Gasteiger partial charge in [0.1, 0.15) is 11.6 Å². The number of aliphatic hydroxyl groups excluding tert-OH is 2. The van der Waals surface area contributed by atoms with Crippen LogP contribution in [0.1, 0.15) is 124 Å². The fourth-order valence-corrected chi connectivity index (χ4v) is 7.93. The van der Waals surface area contributed by atoms with Gasteiger partial charge in [-0.15, -0.1) is 0 Å². The highest BCUT2D eigenvalue weighted by Crippen LogP contribution is 2.36. The number of aliphatic hydroxyl groups is 2. The smallest absolute Gasteiger partial charge is 0.224 e. The first-order valence-electron chi connectivity index (χ1n) is 20.8. The Morgan fingerprint density at radius 3 is 1.62 bits per heavy atom. The van der Waals surface area contributed by atoms with Crippen molar-refractivity contribution < 1.29 is 19.8 Å². The number of nitrogens with two attached hydrogens (primary N) is 1. The average molecular weight is 769 g/mol. The molecule has 5 atom stereocenters. The predicted molar refractivity (Wildman–Crippen MR) is 226 cm³/mol. The zero-order chi connectivity index (χ0) is 41.0. The van der Waals surface area contributed by atoms with Gasteiger partial charge < -0.3 is 31.2 Å². The summed E-state index contributed by atoms with van der Waals surface area (Å²) in [7, 11) is 0. The summed E-state index contributed by atoms with van der Waals surface area (Å²) in [5, 5.41) is 22.0. The topological polar surface area (TPSA) is 170 Å². The van der Waals surface area contributed by atoms with Gasteiger partial charge in [0, 0.05) is 31.5 Å². The van der Waals surface area contributed by atoms with E-state index in [1.54, 1.807) is 0 Å². The number of H-pyrrole nitrogens is 2. The fraction of sp³-hybridized carbons (Fsp3) is 0.565. The second-order valence-electron chi connectivity index (χ2n) is 17.7. The summed E-state index contributed by atoms with van der Waals surface area (Å²) in [6, 6.07) is 16.8. The number of primary amides is 1. The van der Waals surface area contributed by atoms with Crippen LogP contribution in [0.15, 0.2) is 60.9 Å². The summed E-state index contributed by atoms with van der Waals surface area (Å²) in [6.45, 7) is 17.2. The number of imidazole rings is 2. The minimum absolute atomic E-state index is 0.0184. The average Bonchev–Trinajstić information content (AvgIpc) is 3.87. The molecule has 0 spiro atoms. The Bertz CT molecular complexity index is 1800. The van der Waals surface area contributed by atoms with Gasteiger partial charge in [0.05, 0.1) is 29.8 Å². The molecule has 2 aromatic carbocycles. The molecule has 2 aliphatic carbocycles. The number of aromatic amines is 2. The lowest BCUT2D eigenvalue weighted by Gasteiger charge is -2.34. The van der Waals surface area contributed by atoms with Crippen LogP contribution in [0.4, 0.5) is 0 Å². The van der Waals surface area contributed by atoms with Crippen molar-refractivity contribution in [2.45, 2.75) is 119 Å². The molecule has 6 rings (SSSR count). The molecule has 5 unspecified atom stereocenters. The number of carbonyl (C=O) groups excluding carboxylic acids is 2. The first-order valence-corrected chi connectivity index (χ1v) is 20.8. The van der Waals surface area contributed by atoms with Crippen molar-refractivity contribution in [2.75, 3.05) is 13.2 Å². The van der Waals surface area contributed by atoms with Gasteiger partial charge in [-0.05, 0) is 70.6 Å². The summed E-state index contributed by atoms with van der Waals surface area (Å²) in [5.74, 6) is 1.47. The van der Waals surface area contributed by atoms with Crippen molar-refractivity contribution in [2.24, 2.45) is 40.2 Å². The third-order valence-corrected chi connectivity index (χ3v) is 11.1. The van der Waals surface area contributed by atoms with Crippen molar-refractivity contribution in [1.82, 2.24) is 25.3 Å². The normalized spacial score (nSPS) is 20.5. The van der Waals surface area contributed by atoms with Crippen LogP contribution in [0.25, 0.3) is 33.6 Å². The number of benzene rings is 2. The standard InChI is InChI=1S/C36H47N5O2.C8H15NO2.C2H6/c1-35(2,3)19-31-37-20-29(39-31)25-15-11-23(12-16-25)24-13-17-26(18-14-24)30-21-38-33(40-30)32(36(4,5)6)41-34(43)28-10-8-7-9-27(28)22-42;9-8(11)7-4-2-1-3-6(7)5-10;1-2/h11-18,20-21,27-28,32,42H,7-10,19,22H2,1-6H3,(H,37,39)(H,38,40)(H,41,43);6-7,10H,1-5H2,(H2,9,11);1-2H3. The molecule has 7 N–H and O–H groups in total. The molecule has 2 heterocycles. The van der Waals surface area contributed by atoms with Gasteiger partial charge in [0.25, 0.3) is 0 Å². The number of rotatable bonds is 10. The van der Waals surface area contributed by atoms with Crippen molar-refractivity contribution in [1.29, 1.82) is 0 Å². The zero-order valence-electron chi connectivity index (χ0n) is 35.1. The highest BCUT2D eigenvalue weighted by Gasteiger charge is 2.36. The molecule has 2 aromatic heterocycles.